The number of aliphatic hydroxyl groups excluding tert-OH is 1. The van der Waals surface area contributed by atoms with E-state index in [0.717, 1.165) is 0 Å². The molecule has 1 aromatic heterocycles. The van der Waals surface area contributed by atoms with Crippen LogP contribution in [0.1, 0.15) is 0 Å². The van der Waals surface area contributed by atoms with Gasteiger partial charge in [0.25, 0.3) is 0 Å². The van der Waals surface area contributed by atoms with Crippen LogP contribution in [0.2, 0.25) is 0 Å². The third-order valence-electron chi connectivity index (χ3n) is 1.76. The Labute approximate surface area is 92.2 Å². The number of nitro groups is 1. The lowest BCUT2D eigenvalue weighted by molar-refractivity contribution is -0.388. The second-order valence-corrected chi connectivity index (χ2v) is 2.89. The van der Waals surface area contributed by atoms with Gasteiger partial charge in [-0.2, -0.15) is 0 Å². The zero-order valence-electron chi connectivity index (χ0n) is 8.63. The molecule has 7 heteroatoms. The highest BCUT2D eigenvalue weighted by molar-refractivity contribution is 5.56. The number of aromatic nitrogens is 1. The summed E-state index contributed by atoms with van der Waals surface area (Å²) in [4.78, 5) is 13.7. The maximum atomic E-state index is 10.6. The number of aliphatic hydroxyl groups is 1. The molecule has 0 saturated carbocycles. The van der Waals surface area contributed by atoms with E-state index < -0.39 is 4.92 Å². The molecule has 0 spiro atoms. The fourth-order valence-corrected chi connectivity index (χ4v) is 1.10. The molecule has 0 amide bonds. The predicted molar refractivity (Wildman–Crippen MR) is 57.3 cm³/mol. The standard InChI is InChI=1S/C9H13N3O4/c13-5-7-16-6-4-10-8-2-1-3-11-9(8)12(14)15/h1-3,10,13H,4-7H2. The van der Waals surface area contributed by atoms with Crippen molar-refractivity contribution in [2.45, 2.75) is 0 Å². The van der Waals surface area contributed by atoms with Crippen LogP contribution in [0.4, 0.5) is 11.5 Å². The Balaban J connectivity index is 2.44. The van der Waals surface area contributed by atoms with Crippen LogP contribution in [-0.2, 0) is 4.74 Å². The number of rotatable bonds is 7. The number of pyridine rings is 1. The van der Waals surface area contributed by atoms with Crippen molar-refractivity contribution >= 4 is 11.5 Å². The third kappa shape index (κ3) is 3.79. The molecule has 0 aliphatic carbocycles. The van der Waals surface area contributed by atoms with Crippen LogP contribution in [0.25, 0.3) is 0 Å². The van der Waals surface area contributed by atoms with Crippen molar-refractivity contribution < 1.29 is 14.8 Å². The summed E-state index contributed by atoms with van der Waals surface area (Å²) in [7, 11) is 0. The molecule has 0 saturated heterocycles. The number of hydrogen-bond acceptors (Lipinski definition) is 6. The number of nitrogens with one attached hydrogen (secondary N) is 1. The van der Waals surface area contributed by atoms with E-state index in [1.165, 1.54) is 6.20 Å². The van der Waals surface area contributed by atoms with Crippen LogP contribution < -0.4 is 5.32 Å². The summed E-state index contributed by atoms with van der Waals surface area (Å²) in [5.74, 6) is -0.204. The summed E-state index contributed by atoms with van der Waals surface area (Å²) in [5, 5.41) is 21.9. The highest BCUT2D eigenvalue weighted by atomic mass is 16.6. The van der Waals surface area contributed by atoms with E-state index >= 15 is 0 Å². The topological polar surface area (TPSA) is 97.5 Å². The molecular formula is C9H13N3O4. The molecule has 1 heterocycles. The lowest BCUT2D eigenvalue weighted by Crippen LogP contribution is -2.12. The summed E-state index contributed by atoms with van der Waals surface area (Å²) in [6, 6.07) is 3.20. The first-order valence-corrected chi connectivity index (χ1v) is 4.77. The molecule has 0 unspecified atom stereocenters. The van der Waals surface area contributed by atoms with Gasteiger partial charge in [0, 0.05) is 6.54 Å². The zero-order valence-corrected chi connectivity index (χ0v) is 8.63. The van der Waals surface area contributed by atoms with Gasteiger partial charge >= 0.3 is 5.82 Å². The Morgan fingerprint density at radius 2 is 2.38 bits per heavy atom. The fourth-order valence-electron chi connectivity index (χ4n) is 1.10. The molecule has 0 atom stereocenters. The maximum Gasteiger partial charge on any atom is 0.386 e. The third-order valence-corrected chi connectivity index (χ3v) is 1.76. The van der Waals surface area contributed by atoms with E-state index in [1.54, 1.807) is 12.1 Å². The largest absolute Gasteiger partial charge is 0.394 e. The van der Waals surface area contributed by atoms with Crippen LogP contribution >= 0.6 is 0 Å². The van der Waals surface area contributed by atoms with Crippen molar-refractivity contribution in [3.05, 3.63) is 28.4 Å². The van der Waals surface area contributed by atoms with Crippen molar-refractivity contribution in [3.63, 3.8) is 0 Å². The minimum atomic E-state index is -0.545. The molecular weight excluding hydrogens is 214 g/mol. The molecule has 0 aliphatic heterocycles. The minimum Gasteiger partial charge on any atom is -0.394 e. The maximum absolute atomic E-state index is 10.6. The van der Waals surface area contributed by atoms with Gasteiger partial charge in [0.1, 0.15) is 11.9 Å². The van der Waals surface area contributed by atoms with Gasteiger partial charge in [0.2, 0.25) is 0 Å². The Kier molecular flexibility index (Phi) is 5.17. The van der Waals surface area contributed by atoms with Gasteiger partial charge in [-0.05, 0) is 22.0 Å². The number of anilines is 1. The first kappa shape index (κ1) is 12.3. The van der Waals surface area contributed by atoms with E-state index in [9.17, 15) is 10.1 Å². The Morgan fingerprint density at radius 1 is 1.56 bits per heavy atom. The molecule has 88 valence electrons. The van der Waals surface area contributed by atoms with E-state index in [-0.39, 0.29) is 19.0 Å². The molecule has 0 bridgehead atoms. The van der Waals surface area contributed by atoms with Gasteiger partial charge < -0.3 is 25.3 Å². The van der Waals surface area contributed by atoms with Crippen molar-refractivity contribution in [2.75, 3.05) is 31.7 Å². The summed E-state index contributed by atoms with van der Waals surface area (Å²) < 4.78 is 5.00. The molecule has 0 aromatic carbocycles. The first-order chi connectivity index (χ1) is 7.75. The van der Waals surface area contributed by atoms with Gasteiger partial charge in [-0.25, -0.2) is 0 Å². The zero-order chi connectivity index (χ0) is 11.8. The van der Waals surface area contributed by atoms with Gasteiger partial charge in [-0.3, -0.25) is 0 Å². The van der Waals surface area contributed by atoms with E-state index in [0.29, 0.717) is 18.8 Å². The van der Waals surface area contributed by atoms with E-state index in [1.807, 2.05) is 0 Å². The van der Waals surface area contributed by atoms with Crippen LogP contribution in [0.3, 0.4) is 0 Å². The van der Waals surface area contributed by atoms with Crippen molar-refractivity contribution in [1.29, 1.82) is 0 Å². The van der Waals surface area contributed by atoms with Gasteiger partial charge in [0.05, 0.1) is 19.8 Å². The van der Waals surface area contributed by atoms with Crippen LogP contribution in [0, 0.1) is 10.1 Å². The van der Waals surface area contributed by atoms with Crippen LogP contribution in [0.5, 0.6) is 0 Å². The monoisotopic (exact) mass is 227 g/mol. The molecule has 16 heavy (non-hydrogen) atoms. The van der Waals surface area contributed by atoms with Crippen molar-refractivity contribution in [1.82, 2.24) is 4.98 Å². The molecule has 0 fully saturated rings. The highest BCUT2D eigenvalue weighted by Gasteiger charge is 2.12. The second kappa shape index (κ2) is 6.70. The number of hydrogen-bond donors (Lipinski definition) is 2. The fraction of sp³-hybridized carbons (Fsp3) is 0.444. The average Bonchev–Trinajstić information content (AvgIpc) is 2.29. The van der Waals surface area contributed by atoms with Crippen molar-refractivity contribution in [2.24, 2.45) is 0 Å². The average molecular weight is 227 g/mol. The minimum absolute atomic E-state index is 0.0347. The first-order valence-electron chi connectivity index (χ1n) is 4.77. The molecule has 1 rings (SSSR count). The number of nitrogens with zero attached hydrogens (tertiary/aromatic N) is 2. The van der Waals surface area contributed by atoms with Crippen LogP contribution in [0.15, 0.2) is 18.3 Å². The predicted octanol–water partition coefficient (Wildman–Crippen LogP) is 0.411. The molecule has 2 N–H and O–H groups in total. The summed E-state index contributed by atoms with van der Waals surface area (Å²) in [5.41, 5.74) is 0.361. The summed E-state index contributed by atoms with van der Waals surface area (Å²) in [6.45, 7) is 1.02. The molecule has 7 nitrogen and oxygen atoms in total. The summed E-state index contributed by atoms with van der Waals surface area (Å²) in [6.07, 6.45) is 1.37. The highest BCUT2D eigenvalue weighted by Crippen LogP contribution is 2.19. The molecule has 0 aliphatic rings. The smallest absolute Gasteiger partial charge is 0.386 e. The quantitative estimate of drug-likeness (QED) is 0.398. The molecule has 0 radical (unpaired) electrons. The van der Waals surface area contributed by atoms with Gasteiger partial charge in [-0.1, -0.05) is 0 Å². The summed E-state index contributed by atoms with van der Waals surface area (Å²) >= 11 is 0. The Morgan fingerprint density at radius 3 is 3.06 bits per heavy atom. The SMILES string of the molecule is O=[N+]([O-])c1ncccc1NCCOCCO. The van der Waals surface area contributed by atoms with Crippen LogP contribution in [-0.4, -0.2) is 41.4 Å². The lowest BCUT2D eigenvalue weighted by Gasteiger charge is -2.06. The van der Waals surface area contributed by atoms with Gasteiger partial charge in [-0.15, -0.1) is 0 Å². The van der Waals surface area contributed by atoms with E-state index in [4.69, 9.17) is 9.84 Å². The van der Waals surface area contributed by atoms with Gasteiger partial charge in [0.15, 0.2) is 0 Å². The Hall–Kier alpha value is -1.73. The number of ether oxygens (including phenoxy) is 1. The van der Waals surface area contributed by atoms with Crippen molar-refractivity contribution in [3.8, 4) is 0 Å². The normalized spacial score (nSPS) is 10.1. The van der Waals surface area contributed by atoms with E-state index in [2.05, 4.69) is 10.3 Å². The lowest BCUT2D eigenvalue weighted by atomic mass is 10.4. The Bertz CT molecular complexity index is 345. The second-order valence-electron chi connectivity index (χ2n) is 2.89. The molecule has 1 aromatic rings.